The van der Waals surface area contributed by atoms with E-state index in [1.54, 1.807) is 17.9 Å². The second kappa shape index (κ2) is 5.64. The number of nitrogens with one attached hydrogen (secondary N) is 1. The third kappa shape index (κ3) is 2.64. The molecule has 0 unspecified atom stereocenters. The molecule has 0 radical (unpaired) electrons. The molecule has 0 aliphatic rings. The van der Waals surface area contributed by atoms with Gasteiger partial charge in [0.15, 0.2) is 5.82 Å². The molecule has 0 amide bonds. The van der Waals surface area contributed by atoms with Crippen molar-refractivity contribution in [3.8, 4) is 11.5 Å². The molecular weight excluding hydrogens is 242 g/mol. The van der Waals surface area contributed by atoms with Crippen LogP contribution in [-0.4, -0.2) is 44.9 Å². The first-order valence-corrected chi connectivity index (χ1v) is 6.36. The van der Waals surface area contributed by atoms with Gasteiger partial charge < -0.3 is 10.2 Å². The van der Waals surface area contributed by atoms with Gasteiger partial charge in [-0.3, -0.25) is 4.68 Å². The Kier molecular flexibility index (Phi) is 3.94. The van der Waals surface area contributed by atoms with Crippen LogP contribution < -0.4 is 10.2 Å². The highest BCUT2D eigenvalue weighted by Crippen LogP contribution is 2.18. The van der Waals surface area contributed by atoms with E-state index in [4.69, 9.17) is 0 Å². The molecule has 2 rings (SSSR count). The Morgan fingerprint density at radius 2 is 1.95 bits per heavy atom. The Bertz CT molecular complexity index is 545. The Balaban J connectivity index is 2.50. The van der Waals surface area contributed by atoms with Gasteiger partial charge in [-0.25, -0.2) is 0 Å². The molecule has 2 aromatic heterocycles. The average Bonchev–Trinajstić information content (AvgIpc) is 2.86. The van der Waals surface area contributed by atoms with Gasteiger partial charge in [-0.2, -0.15) is 20.1 Å². The lowest BCUT2D eigenvalue weighted by molar-refractivity contribution is 0.764. The summed E-state index contributed by atoms with van der Waals surface area (Å²) in [5, 5.41) is 7.12. The summed E-state index contributed by atoms with van der Waals surface area (Å²) < 4.78 is 1.75. The summed E-state index contributed by atoms with van der Waals surface area (Å²) in [6.07, 6.45) is 1.73. The summed E-state index contributed by atoms with van der Waals surface area (Å²) in [5.41, 5.74) is 0.868. The van der Waals surface area contributed by atoms with Crippen LogP contribution in [0, 0.1) is 0 Å². The summed E-state index contributed by atoms with van der Waals surface area (Å²) in [6, 6.07) is 1.89. The fourth-order valence-electron chi connectivity index (χ4n) is 1.83. The van der Waals surface area contributed by atoms with Crippen molar-refractivity contribution in [3.63, 3.8) is 0 Å². The van der Waals surface area contributed by atoms with Crippen molar-refractivity contribution in [2.24, 2.45) is 7.05 Å². The molecule has 2 aromatic rings. The van der Waals surface area contributed by atoms with E-state index in [2.05, 4.69) is 44.1 Å². The smallest absolute Gasteiger partial charge is 0.230 e. The van der Waals surface area contributed by atoms with Gasteiger partial charge in [-0.05, 0) is 19.9 Å². The second-order valence-corrected chi connectivity index (χ2v) is 4.04. The molecular formula is C12H19N7. The van der Waals surface area contributed by atoms with E-state index in [1.807, 2.05) is 13.1 Å². The third-order valence-corrected chi connectivity index (χ3v) is 2.94. The lowest BCUT2D eigenvalue weighted by Crippen LogP contribution is -2.25. The summed E-state index contributed by atoms with van der Waals surface area (Å²) in [5.74, 6) is 1.87. The molecule has 0 aliphatic heterocycles. The first-order valence-electron chi connectivity index (χ1n) is 6.36. The van der Waals surface area contributed by atoms with Gasteiger partial charge in [0.05, 0.1) is 0 Å². The topological polar surface area (TPSA) is 71.8 Å². The zero-order valence-electron chi connectivity index (χ0n) is 11.8. The summed E-state index contributed by atoms with van der Waals surface area (Å²) in [6.45, 7) is 5.87. The minimum absolute atomic E-state index is 0.563. The highest BCUT2D eigenvalue weighted by Gasteiger charge is 2.13. The van der Waals surface area contributed by atoms with Crippen LogP contribution in [-0.2, 0) is 7.05 Å². The fraction of sp³-hybridized carbons (Fsp3) is 0.500. The van der Waals surface area contributed by atoms with E-state index in [-0.39, 0.29) is 0 Å². The molecule has 0 aromatic carbocycles. The van der Waals surface area contributed by atoms with Gasteiger partial charge in [0.2, 0.25) is 11.9 Å². The first kappa shape index (κ1) is 13.3. The van der Waals surface area contributed by atoms with Gasteiger partial charge in [0.1, 0.15) is 5.69 Å². The van der Waals surface area contributed by atoms with Gasteiger partial charge >= 0.3 is 0 Å². The highest BCUT2D eigenvalue weighted by atomic mass is 15.3. The van der Waals surface area contributed by atoms with Crippen molar-refractivity contribution in [2.75, 3.05) is 30.4 Å². The standard InChI is InChI=1S/C12H19N7/c1-5-19(6-2)12-16-10(15-11(13-3)17-12)9-7-8-14-18(9)4/h7-8H,5-6H2,1-4H3,(H,13,15,16,17). The van der Waals surface area contributed by atoms with E-state index in [0.717, 1.165) is 18.8 Å². The number of anilines is 2. The van der Waals surface area contributed by atoms with Crippen molar-refractivity contribution in [1.29, 1.82) is 0 Å². The lowest BCUT2D eigenvalue weighted by Gasteiger charge is -2.19. The maximum absolute atomic E-state index is 4.53. The van der Waals surface area contributed by atoms with E-state index in [1.165, 1.54) is 0 Å². The molecule has 1 N–H and O–H groups in total. The minimum Gasteiger partial charge on any atom is -0.357 e. The van der Waals surface area contributed by atoms with Gasteiger partial charge in [0.25, 0.3) is 0 Å². The van der Waals surface area contributed by atoms with E-state index in [0.29, 0.717) is 17.7 Å². The molecule has 19 heavy (non-hydrogen) atoms. The molecule has 0 saturated heterocycles. The van der Waals surface area contributed by atoms with Crippen molar-refractivity contribution >= 4 is 11.9 Å². The number of hydrogen-bond donors (Lipinski definition) is 1. The number of aromatic nitrogens is 5. The number of hydrogen-bond acceptors (Lipinski definition) is 6. The maximum Gasteiger partial charge on any atom is 0.230 e. The molecule has 0 aliphatic carbocycles. The normalized spacial score (nSPS) is 10.5. The number of nitrogens with zero attached hydrogens (tertiary/aromatic N) is 6. The van der Waals surface area contributed by atoms with Crippen LogP contribution in [0.3, 0.4) is 0 Å². The maximum atomic E-state index is 4.53. The van der Waals surface area contributed by atoms with Crippen molar-refractivity contribution < 1.29 is 0 Å². The lowest BCUT2D eigenvalue weighted by atomic mass is 10.4. The molecule has 2 heterocycles. The first-order chi connectivity index (χ1) is 9.19. The summed E-state index contributed by atoms with van der Waals surface area (Å²) in [7, 11) is 3.67. The zero-order valence-corrected chi connectivity index (χ0v) is 11.8. The molecule has 0 saturated carbocycles. The van der Waals surface area contributed by atoms with Crippen LogP contribution in [0.1, 0.15) is 13.8 Å². The molecule has 0 fully saturated rings. The number of rotatable bonds is 5. The largest absolute Gasteiger partial charge is 0.357 e. The molecule has 7 nitrogen and oxygen atoms in total. The van der Waals surface area contributed by atoms with Crippen LogP contribution in [0.2, 0.25) is 0 Å². The van der Waals surface area contributed by atoms with Crippen LogP contribution in [0.4, 0.5) is 11.9 Å². The van der Waals surface area contributed by atoms with E-state index in [9.17, 15) is 0 Å². The summed E-state index contributed by atoms with van der Waals surface area (Å²) in [4.78, 5) is 15.4. The monoisotopic (exact) mass is 261 g/mol. The van der Waals surface area contributed by atoms with E-state index < -0.39 is 0 Å². The van der Waals surface area contributed by atoms with Crippen LogP contribution in [0.5, 0.6) is 0 Å². The second-order valence-electron chi connectivity index (χ2n) is 4.04. The van der Waals surface area contributed by atoms with Crippen LogP contribution in [0.25, 0.3) is 11.5 Å². The Labute approximate surface area is 112 Å². The predicted octanol–water partition coefficient (Wildman–Crippen LogP) is 1.16. The van der Waals surface area contributed by atoms with Gasteiger partial charge in [-0.15, -0.1) is 0 Å². The highest BCUT2D eigenvalue weighted by molar-refractivity contribution is 5.54. The van der Waals surface area contributed by atoms with Gasteiger partial charge in [-0.1, -0.05) is 0 Å². The molecule has 0 atom stereocenters. The Morgan fingerprint density at radius 1 is 1.21 bits per heavy atom. The van der Waals surface area contributed by atoms with Crippen molar-refractivity contribution in [3.05, 3.63) is 12.3 Å². The quantitative estimate of drug-likeness (QED) is 0.871. The Morgan fingerprint density at radius 3 is 2.47 bits per heavy atom. The van der Waals surface area contributed by atoms with E-state index >= 15 is 0 Å². The van der Waals surface area contributed by atoms with Crippen molar-refractivity contribution in [2.45, 2.75) is 13.8 Å². The molecule has 0 spiro atoms. The summed E-state index contributed by atoms with van der Waals surface area (Å²) >= 11 is 0. The SMILES string of the molecule is CCN(CC)c1nc(NC)nc(-c2ccnn2C)n1. The molecule has 0 bridgehead atoms. The molecule has 7 heteroatoms. The van der Waals surface area contributed by atoms with Crippen LogP contribution in [0.15, 0.2) is 12.3 Å². The fourth-order valence-corrected chi connectivity index (χ4v) is 1.83. The van der Waals surface area contributed by atoms with Crippen LogP contribution >= 0.6 is 0 Å². The van der Waals surface area contributed by atoms with Gasteiger partial charge in [0, 0.05) is 33.4 Å². The Hall–Kier alpha value is -2.18. The number of aryl methyl sites for hydroxylation is 1. The third-order valence-electron chi connectivity index (χ3n) is 2.94. The minimum atomic E-state index is 0.563. The predicted molar refractivity (Wildman–Crippen MR) is 75.1 cm³/mol. The molecule has 102 valence electrons. The zero-order chi connectivity index (χ0) is 13.8. The average molecular weight is 261 g/mol. The van der Waals surface area contributed by atoms with Crippen molar-refractivity contribution in [1.82, 2.24) is 24.7 Å².